The van der Waals surface area contributed by atoms with E-state index in [1.165, 1.54) is 0 Å². The quantitative estimate of drug-likeness (QED) is 0.548. The number of rotatable bonds is 5. The molecule has 0 aliphatic carbocycles. The molecule has 1 aliphatic rings. The van der Waals surface area contributed by atoms with E-state index in [0.29, 0.717) is 49.7 Å². The van der Waals surface area contributed by atoms with Crippen LogP contribution in [0, 0.1) is 24.0 Å². The van der Waals surface area contributed by atoms with Crippen molar-refractivity contribution in [1.29, 1.82) is 0 Å². The Morgan fingerprint density at radius 2 is 1.77 bits per heavy atom. The maximum absolute atomic E-state index is 13.1. The third kappa shape index (κ3) is 4.27. The van der Waals surface area contributed by atoms with Crippen molar-refractivity contribution in [2.75, 3.05) is 32.8 Å². The number of nitrogens with zero attached hydrogens (tertiary/aromatic N) is 5. The second-order valence-corrected chi connectivity index (χ2v) is 7.07. The van der Waals surface area contributed by atoms with E-state index in [2.05, 4.69) is 5.10 Å². The van der Waals surface area contributed by atoms with Crippen LogP contribution in [0.25, 0.3) is 0 Å². The second kappa shape index (κ2) is 8.93. The lowest BCUT2D eigenvalue weighted by atomic mass is 10.1. The van der Waals surface area contributed by atoms with Crippen molar-refractivity contribution in [2.45, 2.75) is 27.3 Å². The van der Waals surface area contributed by atoms with Gasteiger partial charge in [-0.25, -0.2) is 4.79 Å². The van der Waals surface area contributed by atoms with Crippen LogP contribution in [0.3, 0.4) is 0 Å². The predicted octanol–water partition coefficient (Wildman–Crippen LogP) is 2.37. The van der Waals surface area contributed by atoms with E-state index >= 15 is 0 Å². The van der Waals surface area contributed by atoms with Crippen molar-refractivity contribution < 1.29 is 19.2 Å². The first-order chi connectivity index (χ1) is 14.3. The Balaban J connectivity index is 1.76. The molecule has 1 aromatic carbocycles. The number of aromatic nitrogens is 2. The number of aryl methyl sites for hydroxylation is 1. The van der Waals surface area contributed by atoms with Crippen LogP contribution in [0.4, 0.5) is 10.5 Å². The second-order valence-electron chi connectivity index (χ2n) is 7.07. The van der Waals surface area contributed by atoms with E-state index in [0.717, 1.165) is 5.56 Å². The number of benzene rings is 1. The standard InChI is InChI=1S/C20H25N5O5/c1-4-30-20(27)23-11-9-22(10-12-23)19(26)17-8-6-5-7-16(17)13-24-15(3)18(25(28)29)14(2)21-24/h5-8H,4,9-13H2,1-3H3. The van der Waals surface area contributed by atoms with Crippen molar-refractivity contribution in [1.82, 2.24) is 19.6 Å². The summed E-state index contributed by atoms with van der Waals surface area (Å²) in [4.78, 5) is 39.1. The molecule has 10 nitrogen and oxygen atoms in total. The van der Waals surface area contributed by atoms with Crippen molar-refractivity contribution in [3.63, 3.8) is 0 Å². The summed E-state index contributed by atoms with van der Waals surface area (Å²) in [6.07, 6.45) is -0.365. The molecule has 0 saturated carbocycles. The fourth-order valence-electron chi connectivity index (χ4n) is 3.61. The Hall–Kier alpha value is -3.43. The first-order valence-corrected chi connectivity index (χ1v) is 9.80. The molecule has 1 aromatic heterocycles. The molecular formula is C20H25N5O5. The van der Waals surface area contributed by atoms with Crippen LogP contribution < -0.4 is 0 Å². The van der Waals surface area contributed by atoms with E-state index in [1.807, 2.05) is 12.1 Å². The fraction of sp³-hybridized carbons (Fsp3) is 0.450. The van der Waals surface area contributed by atoms with E-state index in [-0.39, 0.29) is 24.2 Å². The van der Waals surface area contributed by atoms with Gasteiger partial charge < -0.3 is 14.5 Å². The smallest absolute Gasteiger partial charge is 0.409 e. The number of carbonyl (C=O) groups excluding carboxylic acids is 2. The number of hydrogen-bond donors (Lipinski definition) is 0. The summed E-state index contributed by atoms with van der Waals surface area (Å²) in [5, 5.41) is 15.5. The molecule has 3 rings (SSSR count). The average molecular weight is 415 g/mol. The van der Waals surface area contributed by atoms with Gasteiger partial charge in [-0.3, -0.25) is 19.6 Å². The molecule has 10 heteroatoms. The molecule has 0 N–H and O–H groups in total. The number of carbonyl (C=O) groups is 2. The first kappa shape index (κ1) is 21.3. The Morgan fingerprint density at radius 3 is 2.37 bits per heavy atom. The van der Waals surface area contributed by atoms with Gasteiger partial charge in [0.1, 0.15) is 11.4 Å². The van der Waals surface area contributed by atoms with E-state index in [4.69, 9.17) is 4.74 Å². The Morgan fingerprint density at radius 1 is 1.13 bits per heavy atom. The molecule has 2 heterocycles. The molecule has 0 bridgehead atoms. The third-order valence-electron chi connectivity index (χ3n) is 5.19. The van der Waals surface area contributed by atoms with Gasteiger partial charge in [0.05, 0.1) is 18.1 Å². The lowest BCUT2D eigenvalue weighted by molar-refractivity contribution is -0.386. The van der Waals surface area contributed by atoms with Crippen LogP contribution in [0.2, 0.25) is 0 Å². The third-order valence-corrected chi connectivity index (χ3v) is 5.19. The summed E-state index contributed by atoms with van der Waals surface area (Å²) < 4.78 is 6.57. The summed E-state index contributed by atoms with van der Waals surface area (Å²) >= 11 is 0. The predicted molar refractivity (Wildman–Crippen MR) is 108 cm³/mol. The van der Waals surface area contributed by atoms with Gasteiger partial charge in [-0.2, -0.15) is 5.10 Å². The minimum Gasteiger partial charge on any atom is -0.450 e. The largest absolute Gasteiger partial charge is 0.450 e. The Bertz CT molecular complexity index is 962. The van der Waals surface area contributed by atoms with Gasteiger partial charge in [0.2, 0.25) is 0 Å². The monoisotopic (exact) mass is 415 g/mol. The molecule has 0 atom stereocenters. The van der Waals surface area contributed by atoms with Gasteiger partial charge >= 0.3 is 11.8 Å². The van der Waals surface area contributed by atoms with Gasteiger partial charge in [-0.15, -0.1) is 0 Å². The molecule has 1 aliphatic heterocycles. The van der Waals surface area contributed by atoms with Gasteiger partial charge in [0.25, 0.3) is 5.91 Å². The fourth-order valence-corrected chi connectivity index (χ4v) is 3.61. The lowest BCUT2D eigenvalue weighted by Crippen LogP contribution is -2.50. The van der Waals surface area contributed by atoms with Crippen molar-refractivity contribution in [3.05, 3.63) is 56.9 Å². The average Bonchev–Trinajstić information content (AvgIpc) is 3.01. The highest BCUT2D eigenvalue weighted by Gasteiger charge is 2.27. The number of hydrogen-bond acceptors (Lipinski definition) is 6. The molecule has 0 radical (unpaired) electrons. The molecule has 2 amide bonds. The highest BCUT2D eigenvalue weighted by molar-refractivity contribution is 5.95. The van der Waals surface area contributed by atoms with Crippen LogP contribution in [0.5, 0.6) is 0 Å². The molecule has 160 valence electrons. The summed E-state index contributed by atoms with van der Waals surface area (Å²) in [7, 11) is 0. The van der Waals surface area contributed by atoms with Crippen molar-refractivity contribution >= 4 is 17.7 Å². The van der Waals surface area contributed by atoms with Gasteiger partial charge in [-0.1, -0.05) is 18.2 Å². The van der Waals surface area contributed by atoms with Crippen LogP contribution in [0.1, 0.15) is 34.2 Å². The molecule has 0 spiro atoms. The number of amides is 2. The van der Waals surface area contributed by atoms with Crippen LogP contribution in [-0.4, -0.2) is 69.3 Å². The zero-order valence-corrected chi connectivity index (χ0v) is 17.3. The molecule has 0 unspecified atom stereocenters. The highest BCUT2D eigenvalue weighted by atomic mass is 16.6. The van der Waals surface area contributed by atoms with Gasteiger partial charge in [0, 0.05) is 31.7 Å². The summed E-state index contributed by atoms with van der Waals surface area (Å²) in [6.45, 7) is 7.23. The summed E-state index contributed by atoms with van der Waals surface area (Å²) in [5.41, 5.74) is 2.04. The van der Waals surface area contributed by atoms with Crippen molar-refractivity contribution in [2.24, 2.45) is 0 Å². The Kier molecular flexibility index (Phi) is 6.34. The SMILES string of the molecule is CCOC(=O)N1CCN(C(=O)c2ccccc2Cn2nc(C)c([N+](=O)[O-])c2C)CC1. The number of nitro groups is 1. The van der Waals surface area contributed by atoms with Crippen molar-refractivity contribution in [3.8, 4) is 0 Å². The molecular weight excluding hydrogens is 390 g/mol. The van der Waals surface area contributed by atoms with Crippen LogP contribution >= 0.6 is 0 Å². The topological polar surface area (TPSA) is 111 Å². The first-order valence-electron chi connectivity index (χ1n) is 9.80. The maximum Gasteiger partial charge on any atom is 0.409 e. The van der Waals surface area contributed by atoms with Gasteiger partial charge in [0.15, 0.2) is 0 Å². The summed E-state index contributed by atoms with van der Waals surface area (Å²) in [6, 6.07) is 7.18. The normalized spacial score (nSPS) is 14.0. The lowest BCUT2D eigenvalue weighted by Gasteiger charge is -2.34. The molecule has 1 fully saturated rings. The Labute approximate surface area is 174 Å². The maximum atomic E-state index is 13.1. The molecule has 2 aromatic rings. The van der Waals surface area contributed by atoms with E-state index in [1.54, 1.807) is 47.4 Å². The van der Waals surface area contributed by atoms with Crippen LogP contribution in [0.15, 0.2) is 24.3 Å². The minimum absolute atomic E-state index is 0.00565. The highest BCUT2D eigenvalue weighted by Crippen LogP contribution is 2.23. The number of piperazine rings is 1. The number of ether oxygens (including phenoxy) is 1. The summed E-state index contributed by atoms with van der Waals surface area (Å²) in [5.74, 6) is -0.134. The van der Waals surface area contributed by atoms with E-state index < -0.39 is 4.92 Å². The molecule has 1 saturated heterocycles. The molecule has 30 heavy (non-hydrogen) atoms. The zero-order chi connectivity index (χ0) is 21.8. The van der Waals surface area contributed by atoms with Crippen LogP contribution in [-0.2, 0) is 11.3 Å². The minimum atomic E-state index is -0.436. The van der Waals surface area contributed by atoms with E-state index in [9.17, 15) is 19.7 Å². The van der Waals surface area contributed by atoms with Gasteiger partial charge in [-0.05, 0) is 32.4 Å². The zero-order valence-electron chi connectivity index (χ0n) is 17.3.